The van der Waals surface area contributed by atoms with Crippen molar-refractivity contribution in [2.45, 2.75) is 6.42 Å². The molecule has 5 heteroatoms. The van der Waals surface area contributed by atoms with E-state index in [1.165, 1.54) is 12.4 Å². The van der Waals surface area contributed by atoms with Gasteiger partial charge in [0.1, 0.15) is 11.3 Å². The lowest BCUT2D eigenvalue weighted by Gasteiger charge is -2.01. The average Bonchev–Trinajstić information content (AvgIpc) is 2.60. The molecule has 0 bridgehead atoms. The predicted octanol–water partition coefficient (Wildman–Crippen LogP) is 2.53. The molecule has 2 aromatic rings. The van der Waals surface area contributed by atoms with Crippen LogP contribution in [0.3, 0.4) is 0 Å². The van der Waals surface area contributed by atoms with Crippen LogP contribution in [-0.2, 0) is 6.42 Å². The van der Waals surface area contributed by atoms with Crippen LogP contribution in [0, 0.1) is 17.1 Å². The minimum Gasteiger partial charge on any atom is -0.344 e. The number of imidazole rings is 1. The molecule has 0 aliphatic rings. The number of H-pyrrole nitrogens is 1. The minimum atomic E-state index is -0.393. The fourth-order valence-electron chi connectivity index (χ4n) is 1.34. The molecule has 0 fully saturated rings. The highest BCUT2D eigenvalue weighted by atomic mass is 79.9. The third-order valence-electron chi connectivity index (χ3n) is 1.96. The molecule has 0 spiro atoms. The lowest BCUT2D eigenvalue weighted by Crippen LogP contribution is -1.91. The molecule has 0 saturated carbocycles. The molecule has 70 valence electrons. The Kier molecular flexibility index (Phi) is 2.22. The Morgan fingerprint density at radius 2 is 2.43 bits per heavy atom. The third kappa shape index (κ3) is 1.28. The number of aromatic nitrogens is 2. The summed E-state index contributed by atoms with van der Waals surface area (Å²) in [5.74, 6) is -0.393. The number of hydrogen-bond donors (Lipinski definition) is 1. The molecular weight excluding hydrogens is 249 g/mol. The summed E-state index contributed by atoms with van der Waals surface area (Å²) in [6, 6.07) is 3.25. The number of hydrogen-bond acceptors (Lipinski definition) is 2. The van der Waals surface area contributed by atoms with Crippen LogP contribution >= 0.6 is 15.9 Å². The number of aromatic amines is 1. The summed E-state index contributed by atoms with van der Waals surface area (Å²) in [5.41, 5.74) is 1.60. The molecule has 0 unspecified atom stereocenters. The number of nitrogens with zero attached hydrogens (tertiary/aromatic N) is 2. The molecule has 2 rings (SSSR count). The van der Waals surface area contributed by atoms with E-state index in [9.17, 15) is 4.39 Å². The van der Waals surface area contributed by atoms with Crippen LogP contribution in [0.15, 0.2) is 16.9 Å². The van der Waals surface area contributed by atoms with Crippen LogP contribution in [0.5, 0.6) is 0 Å². The van der Waals surface area contributed by atoms with Gasteiger partial charge in [-0.1, -0.05) is 0 Å². The van der Waals surface area contributed by atoms with Crippen LogP contribution in [0.25, 0.3) is 11.0 Å². The molecule has 0 atom stereocenters. The molecular formula is C9H5BrFN3. The second-order valence-electron chi connectivity index (χ2n) is 2.78. The molecule has 1 heterocycles. The fraction of sp³-hybridized carbons (Fsp3) is 0.111. The molecule has 0 aliphatic heterocycles. The van der Waals surface area contributed by atoms with Crippen LogP contribution in [0.1, 0.15) is 5.56 Å². The SMILES string of the molecule is N#CCc1c(F)cc(Br)c2nc[nH]c12. The molecule has 3 nitrogen and oxygen atoms in total. The van der Waals surface area contributed by atoms with E-state index < -0.39 is 5.82 Å². The summed E-state index contributed by atoms with van der Waals surface area (Å²) in [6.07, 6.45) is 1.52. The van der Waals surface area contributed by atoms with Gasteiger partial charge in [-0.05, 0) is 22.0 Å². The fourth-order valence-corrected chi connectivity index (χ4v) is 1.85. The second kappa shape index (κ2) is 3.39. The number of nitrogens with one attached hydrogen (secondary N) is 1. The number of benzene rings is 1. The van der Waals surface area contributed by atoms with Gasteiger partial charge in [0, 0.05) is 10.0 Å². The van der Waals surface area contributed by atoms with E-state index in [2.05, 4.69) is 25.9 Å². The molecule has 14 heavy (non-hydrogen) atoms. The smallest absolute Gasteiger partial charge is 0.130 e. The van der Waals surface area contributed by atoms with Gasteiger partial charge in [-0.25, -0.2) is 9.37 Å². The van der Waals surface area contributed by atoms with E-state index in [-0.39, 0.29) is 6.42 Å². The number of fused-ring (bicyclic) bond motifs is 1. The maximum Gasteiger partial charge on any atom is 0.130 e. The van der Waals surface area contributed by atoms with Gasteiger partial charge >= 0.3 is 0 Å². The van der Waals surface area contributed by atoms with Gasteiger partial charge in [-0.15, -0.1) is 0 Å². The van der Waals surface area contributed by atoms with Crippen LogP contribution in [0.2, 0.25) is 0 Å². The first-order chi connectivity index (χ1) is 6.74. The molecule has 0 radical (unpaired) electrons. The summed E-state index contributed by atoms with van der Waals surface area (Å²) in [7, 11) is 0. The standard InChI is InChI=1S/C9H5BrFN3/c10-6-3-7(11)5(1-2-12)8-9(6)14-4-13-8/h3-4H,1H2,(H,13,14). The van der Waals surface area contributed by atoms with Gasteiger partial charge in [0.25, 0.3) is 0 Å². The molecule has 0 amide bonds. The van der Waals surface area contributed by atoms with Crippen molar-refractivity contribution in [2.75, 3.05) is 0 Å². The Morgan fingerprint density at radius 1 is 1.64 bits per heavy atom. The first-order valence-corrected chi connectivity index (χ1v) is 4.70. The summed E-state index contributed by atoms with van der Waals surface area (Å²) in [6.45, 7) is 0. The molecule has 1 N–H and O–H groups in total. The monoisotopic (exact) mass is 253 g/mol. The topological polar surface area (TPSA) is 52.5 Å². The summed E-state index contributed by atoms with van der Waals surface area (Å²) in [4.78, 5) is 6.85. The highest BCUT2D eigenvalue weighted by Crippen LogP contribution is 2.26. The zero-order chi connectivity index (χ0) is 10.1. The Balaban J connectivity index is 2.81. The van der Waals surface area contributed by atoms with Gasteiger partial charge in [0.2, 0.25) is 0 Å². The van der Waals surface area contributed by atoms with E-state index in [0.717, 1.165) is 0 Å². The minimum absolute atomic E-state index is 0.0395. The molecule has 0 saturated heterocycles. The van der Waals surface area contributed by atoms with Gasteiger partial charge in [-0.2, -0.15) is 5.26 Å². The number of nitriles is 1. The lowest BCUT2D eigenvalue weighted by molar-refractivity contribution is 0.616. The quantitative estimate of drug-likeness (QED) is 0.850. The maximum absolute atomic E-state index is 13.4. The third-order valence-corrected chi connectivity index (χ3v) is 2.57. The van der Waals surface area contributed by atoms with Crippen molar-refractivity contribution < 1.29 is 4.39 Å². The van der Waals surface area contributed by atoms with E-state index in [1.807, 2.05) is 6.07 Å². The summed E-state index contributed by atoms with van der Waals surface area (Å²) >= 11 is 3.21. The van der Waals surface area contributed by atoms with E-state index in [4.69, 9.17) is 5.26 Å². The largest absolute Gasteiger partial charge is 0.344 e. The molecule has 0 aliphatic carbocycles. The van der Waals surface area contributed by atoms with Crippen molar-refractivity contribution in [3.8, 4) is 6.07 Å². The number of rotatable bonds is 1. The maximum atomic E-state index is 13.4. The molecule has 1 aromatic heterocycles. The van der Waals surface area contributed by atoms with Gasteiger partial charge in [0.15, 0.2) is 0 Å². The Hall–Kier alpha value is -1.41. The van der Waals surface area contributed by atoms with Crippen molar-refractivity contribution in [3.63, 3.8) is 0 Å². The van der Waals surface area contributed by atoms with Crippen molar-refractivity contribution in [1.82, 2.24) is 9.97 Å². The number of halogens is 2. The Morgan fingerprint density at radius 3 is 3.14 bits per heavy atom. The van der Waals surface area contributed by atoms with Crippen molar-refractivity contribution in [3.05, 3.63) is 28.2 Å². The van der Waals surface area contributed by atoms with Crippen LogP contribution in [-0.4, -0.2) is 9.97 Å². The van der Waals surface area contributed by atoms with Crippen LogP contribution < -0.4 is 0 Å². The highest BCUT2D eigenvalue weighted by Gasteiger charge is 2.12. The first-order valence-electron chi connectivity index (χ1n) is 3.91. The van der Waals surface area contributed by atoms with E-state index >= 15 is 0 Å². The Bertz CT molecular complexity index is 527. The normalized spacial score (nSPS) is 10.4. The summed E-state index contributed by atoms with van der Waals surface area (Å²) < 4.78 is 14.0. The zero-order valence-corrected chi connectivity index (χ0v) is 8.60. The van der Waals surface area contributed by atoms with Crippen molar-refractivity contribution in [1.29, 1.82) is 5.26 Å². The lowest BCUT2D eigenvalue weighted by atomic mass is 10.1. The van der Waals surface area contributed by atoms with Crippen LogP contribution in [0.4, 0.5) is 4.39 Å². The second-order valence-corrected chi connectivity index (χ2v) is 3.63. The van der Waals surface area contributed by atoms with Crippen molar-refractivity contribution in [2.24, 2.45) is 0 Å². The van der Waals surface area contributed by atoms with Crippen molar-refractivity contribution >= 4 is 27.0 Å². The Labute approximate surface area is 87.7 Å². The highest BCUT2D eigenvalue weighted by molar-refractivity contribution is 9.10. The average molecular weight is 254 g/mol. The first kappa shape index (κ1) is 9.16. The van der Waals surface area contributed by atoms with Gasteiger partial charge in [-0.3, -0.25) is 0 Å². The van der Waals surface area contributed by atoms with E-state index in [1.54, 1.807) is 0 Å². The predicted molar refractivity (Wildman–Crippen MR) is 53.1 cm³/mol. The zero-order valence-electron chi connectivity index (χ0n) is 7.01. The van der Waals surface area contributed by atoms with E-state index in [0.29, 0.717) is 21.1 Å². The van der Waals surface area contributed by atoms with Gasteiger partial charge in [0.05, 0.1) is 24.3 Å². The summed E-state index contributed by atoms with van der Waals surface area (Å²) in [5, 5.41) is 8.55. The molecule has 1 aromatic carbocycles. The van der Waals surface area contributed by atoms with Gasteiger partial charge < -0.3 is 4.98 Å².